The van der Waals surface area contributed by atoms with Gasteiger partial charge in [0.05, 0.1) is 36.3 Å². The molecule has 2 aromatic carbocycles. The first-order valence-electron chi connectivity index (χ1n) is 13.7. The van der Waals surface area contributed by atoms with Crippen molar-refractivity contribution < 1.29 is 19.0 Å². The zero-order chi connectivity index (χ0) is 28.7. The molecule has 41 heavy (non-hydrogen) atoms. The van der Waals surface area contributed by atoms with Crippen LogP contribution in [0.15, 0.2) is 65.7 Å². The lowest BCUT2D eigenvalue weighted by Crippen LogP contribution is -2.49. The quantitative estimate of drug-likeness (QED) is 0.374. The molecule has 6 rings (SSSR count). The Hall–Kier alpha value is -3.57. The number of hydrogen-bond acceptors (Lipinski definition) is 6. The molecule has 2 N–H and O–H groups in total. The van der Waals surface area contributed by atoms with Gasteiger partial charge in [-0.2, -0.15) is 0 Å². The van der Waals surface area contributed by atoms with Crippen LogP contribution in [-0.4, -0.2) is 68.0 Å². The number of morpholine rings is 1. The number of likely N-dealkylation sites (tertiary alicyclic amines) is 1. The number of halogens is 2. The van der Waals surface area contributed by atoms with Crippen molar-refractivity contribution in [1.29, 1.82) is 0 Å². The second-order valence-corrected chi connectivity index (χ2v) is 11.3. The highest BCUT2D eigenvalue weighted by atomic mass is 35.5. The molecule has 2 saturated heterocycles. The number of carbonyl (C=O) groups excluding carboxylic acids is 1. The highest BCUT2D eigenvalue weighted by molar-refractivity contribution is 6.31. The van der Waals surface area contributed by atoms with E-state index in [4.69, 9.17) is 16.3 Å². The van der Waals surface area contributed by atoms with Gasteiger partial charge in [0, 0.05) is 30.9 Å². The Balaban J connectivity index is 1.17. The van der Waals surface area contributed by atoms with Crippen LogP contribution in [0.3, 0.4) is 0 Å². The van der Waals surface area contributed by atoms with E-state index in [1.807, 2.05) is 31.2 Å². The zero-order valence-electron chi connectivity index (χ0n) is 22.6. The van der Waals surface area contributed by atoms with Gasteiger partial charge in [-0.15, -0.1) is 0 Å². The predicted molar refractivity (Wildman–Crippen MR) is 153 cm³/mol. The average molecular weight is 580 g/mol. The number of ether oxygens (including phenoxy) is 1. The van der Waals surface area contributed by atoms with E-state index < -0.39 is 11.4 Å². The first kappa shape index (κ1) is 27.6. The van der Waals surface area contributed by atoms with Gasteiger partial charge in [0.15, 0.2) is 5.65 Å². The molecule has 0 radical (unpaired) electrons. The number of rotatable bonds is 5. The zero-order valence-corrected chi connectivity index (χ0v) is 23.4. The van der Waals surface area contributed by atoms with Gasteiger partial charge >= 0.3 is 0 Å². The van der Waals surface area contributed by atoms with E-state index >= 15 is 0 Å². The molecule has 2 atom stereocenters. The minimum Gasteiger partial charge on any atom is -0.388 e. The van der Waals surface area contributed by atoms with Gasteiger partial charge in [-0.3, -0.25) is 18.7 Å². The van der Waals surface area contributed by atoms with E-state index in [0.717, 1.165) is 17.8 Å². The summed E-state index contributed by atoms with van der Waals surface area (Å²) in [6.45, 7) is 4.10. The number of benzene rings is 2. The Morgan fingerprint density at radius 2 is 1.88 bits per heavy atom. The van der Waals surface area contributed by atoms with E-state index in [1.54, 1.807) is 15.5 Å². The summed E-state index contributed by atoms with van der Waals surface area (Å²) in [7, 11) is 0. The Morgan fingerprint density at radius 3 is 2.54 bits per heavy atom. The fourth-order valence-electron chi connectivity index (χ4n) is 5.58. The molecule has 0 bridgehead atoms. The monoisotopic (exact) mass is 579 g/mol. The third-order valence-electron chi connectivity index (χ3n) is 8.03. The lowest BCUT2D eigenvalue weighted by Gasteiger charge is -2.38. The van der Waals surface area contributed by atoms with Crippen LogP contribution in [0, 0.1) is 5.82 Å². The van der Waals surface area contributed by atoms with Crippen LogP contribution in [0.5, 0.6) is 0 Å². The third-order valence-corrected chi connectivity index (χ3v) is 8.31. The van der Waals surface area contributed by atoms with Gasteiger partial charge in [-0.05, 0) is 67.8 Å². The van der Waals surface area contributed by atoms with E-state index in [0.29, 0.717) is 54.3 Å². The van der Waals surface area contributed by atoms with Crippen molar-refractivity contribution in [2.45, 2.75) is 44.1 Å². The minimum absolute atomic E-state index is 0.0416. The third kappa shape index (κ3) is 5.52. The van der Waals surface area contributed by atoms with Crippen molar-refractivity contribution in [3.05, 3.63) is 93.4 Å². The van der Waals surface area contributed by atoms with Crippen LogP contribution >= 0.6 is 11.6 Å². The first-order chi connectivity index (χ1) is 19.7. The normalized spacial score (nSPS) is 20.8. The number of amides is 1. The van der Waals surface area contributed by atoms with Crippen LogP contribution in [-0.2, 0) is 11.3 Å². The smallest absolute Gasteiger partial charge is 0.262 e. The van der Waals surface area contributed by atoms with Crippen molar-refractivity contribution in [2.24, 2.45) is 0 Å². The Labute approximate surface area is 241 Å². The Kier molecular flexibility index (Phi) is 7.41. The molecule has 0 unspecified atom stereocenters. The fourth-order valence-corrected chi connectivity index (χ4v) is 5.86. The molecule has 2 aliphatic rings. The number of fused-ring (bicyclic) bond motifs is 1. The largest absolute Gasteiger partial charge is 0.388 e. The predicted octanol–water partition coefficient (Wildman–Crippen LogP) is 3.70. The summed E-state index contributed by atoms with van der Waals surface area (Å²) in [5.74, 6) is -0.619. The molecule has 0 spiro atoms. The van der Waals surface area contributed by atoms with Crippen molar-refractivity contribution in [3.63, 3.8) is 0 Å². The lowest BCUT2D eigenvalue weighted by molar-refractivity contribution is -0.0299. The number of piperidine rings is 1. The summed E-state index contributed by atoms with van der Waals surface area (Å²) >= 11 is 6.59. The summed E-state index contributed by atoms with van der Waals surface area (Å²) in [5, 5.41) is 15.5. The van der Waals surface area contributed by atoms with Crippen molar-refractivity contribution in [2.75, 3.05) is 26.2 Å². The summed E-state index contributed by atoms with van der Waals surface area (Å²) in [6.07, 6.45) is 2.21. The maximum absolute atomic E-state index is 13.4. The molecule has 1 amide bonds. The van der Waals surface area contributed by atoms with Crippen molar-refractivity contribution >= 4 is 28.5 Å². The SMILES string of the molecule is C[C@H]1CN[C@H](c2ccc(-n3c(Cl)cc4c(=O)n(CC5(O)CCN(C(=O)c6ccc(F)cc6)CC5)cnc43)cc2)CO1. The first-order valence-corrected chi connectivity index (χ1v) is 14.1. The molecule has 4 heterocycles. The Bertz CT molecular complexity index is 1620. The second-order valence-electron chi connectivity index (χ2n) is 10.9. The summed E-state index contributed by atoms with van der Waals surface area (Å²) < 4.78 is 22.1. The molecule has 214 valence electrons. The van der Waals surface area contributed by atoms with Crippen LogP contribution in [0.4, 0.5) is 4.39 Å². The number of carbonyl (C=O) groups is 1. The molecule has 0 saturated carbocycles. The number of hydrogen-bond donors (Lipinski definition) is 2. The minimum atomic E-state index is -1.18. The topological polar surface area (TPSA) is 102 Å². The highest BCUT2D eigenvalue weighted by Crippen LogP contribution is 2.28. The van der Waals surface area contributed by atoms with Crippen LogP contribution in [0.1, 0.15) is 41.7 Å². The number of nitrogens with zero attached hydrogens (tertiary/aromatic N) is 4. The fraction of sp³-hybridized carbons (Fsp3) is 0.367. The molecule has 11 heteroatoms. The van der Waals surface area contributed by atoms with Crippen molar-refractivity contribution in [3.8, 4) is 5.69 Å². The van der Waals surface area contributed by atoms with Gasteiger partial charge in [0.2, 0.25) is 0 Å². The number of nitrogens with one attached hydrogen (secondary N) is 1. The molecule has 4 aromatic rings. The van der Waals surface area contributed by atoms with Gasteiger partial charge in [0.25, 0.3) is 11.5 Å². The van der Waals surface area contributed by atoms with Crippen molar-refractivity contribution in [1.82, 2.24) is 24.3 Å². The number of aliphatic hydroxyl groups is 1. The average Bonchev–Trinajstić information content (AvgIpc) is 3.32. The van der Waals surface area contributed by atoms with Gasteiger partial charge < -0.3 is 20.1 Å². The molecule has 0 aliphatic carbocycles. The molecule has 9 nitrogen and oxygen atoms in total. The maximum atomic E-state index is 13.4. The van der Waals surface area contributed by atoms with E-state index in [2.05, 4.69) is 10.3 Å². The summed E-state index contributed by atoms with van der Waals surface area (Å²) in [5.41, 5.74) is 1.22. The molecule has 2 fully saturated rings. The second kappa shape index (κ2) is 11.0. The summed E-state index contributed by atoms with van der Waals surface area (Å²) in [6, 6.07) is 15.0. The molecule has 2 aromatic heterocycles. The van der Waals surface area contributed by atoms with Gasteiger partial charge in [-0.25, -0.2) is 9.37 Å². The van der Waals surface area contributed by atoms with E-state index in [-0.39, 0.29) is 30.2 Å². The van der Waals surface area contributed by atoms with Gasteiger partial charge in [0.1, 0.15) is 17.3 Å². The molecule has 2 aliphatic heterocycles. The lowest BCUT2D eigenvalue weighted by atomic mass is 9.91. The highest BCUT2D eigenvalue weighted by Gasteiger charge is 2.35. The molecular weight excluding hydrogens is 549 g/mol. The van der Waals surface area contributed by atoms with E-state index in [9.17, 15) is 19.1 Å². The summed E-state index contributed by atoms with van der Waals surface area (Å²) in [4.78, 5) is 32.4. The maximum Gasteiger partial charge on any atom is 0.262 e. The standard InChI is InChI=1S/C30H31ClFN5O4/c1-19-15-33-25(16-41-19)20-4-8-23(9-5-20)37-26(31)14-24-27(37)34-18-36(29(24)39)17-30(40)10-12-35(13-11-30)28(38)21-2-6-22(32)7-3-21/h2-9,14,18-19,25,33,40H,10-13,15-17H2,1H3/t19-,25-/m0/s1. The van der Waals surface area contributed by atoms with E-state index in [1.165, 1.54) is 35.2 Å². The van der Waals surface area contributed by atoms with Crippen LogP contribution in [0.2, 0.25) is 5.15 Å². The van der Waals surface area contributed by atoms with Crippen LogP contribution in [0.25, 0.3) is 16.7 Å². The van der Waals surface area contributed by atoms with Gasteiger partial charge in [-0.1, -0.05) is 23.7 Å². The van der Waals surface area contributed by atoms with Crippen LogP contribution < -0.4 is 10.9 Å². The number of aromatic nitrogens is 3. The Morgan fingerprint density at radius 1 is 1.17 bits per heavy atom. The molecular formula is C30H31ClFN5O4.